The number of hydrogen-bond donors (Lipinski definition) is 1. The Morgan fingerprint density at radius 1 is 0.868 bits per heavy atom. The number of rotatable bonds is 4. The highest BCUT2D eigenvalue weighted by Crippen LogP contribution is 2.32. The van der Waals surface area contributed by atoms with Crippen LogP contribution in [-0.2, 0) is 0 Å². The molecule has 0 saturated heterocycles. The first-order valence-electron chi connectivity index (χ1n) is 12.7. The zero-order chi connectivity index (χ0) is 25.6. The van der Waals surface area contributed by atoms with Crippen LogP contribution in [0.5, 0.6) is 0 Å². The largest absolute Gasteiger partial charge is 0.393 e. The molecule has 6 heterocycles. The van der Waals surface area contributed by atoms with Gasteiger partial charge < -0.3 is 5.11 Å². The fourth-order valence-corrected chi connectivity index (χ4v) is 5.30. The monoisotopic (exact) mass is 503 g/mol. The molecule has 0 spiro atoms. The van der Waals surface area contributed by atoms with Crippen molar-refractivity contribution in [2.24, 2.45) is 0 Å². The molecule has 6 aromatic rings. The van der Waals surface area contributed by atoms with Crippen molar-refractivity contribution in [1.29, 1.82) is 0 Å². The van der Waals surface area contributed by atoms with Crippen molar-refractivity contribution < 1.29 is 5.11 Å². The lowest BCUT2D eigenvalue weighted by atomic mass is 9.93. The standard InChI is InChI=1S/C28H25N9O/c1-17-23(18-13-33-36(16-18)19-2-4-20(38)5-3-19)12-27-32-15-26(37(27)35-17)21-8-9-31-28-22(21)6-7-24(34-28)25-14-29-10-11-30-25/h6-16,19-20,38H,2-5H2,1H3/t19-,20-. The van der Waals surface area contributed by atoms with E-state index in [0.29, 0.717) is 17.4 Å². The molecule has 0 amide bonds. The lowest BCUT2D eigenvalue weighted by Gasteiger charge is -2.25. The maximum atomic E-state index is 9.84. The smallest absolute Gasteiger partial charge is 0.160 e. The summed E-state index contributed by atoms with van der Waals surface area (Å²) in [6, 6.07) is 8.29. The third-order valence-electron chi connectivity index (χ3n) is 7.34. The third-order valence-corrected chi connectivity index (χ3v) is 7.34. The number of aliphatic hydroxyl groups excluding tert-OH is 1. The van der Waals surface area contributed by atoms with Gasteiger partial charge in [-0.15, -0.1) is 0 Å². The first-order chi connectivity index (χ1) is 18.6. The van der Waals surface area contributed by atoms with Crippen molar-refractivity contribution in [2.75, 3.05) is 0 Å². The van der Waals surface area contributed by atoms with Gasteiger partial charge in [0, 0.05) is 46.9 Å². The minimum atomic E-state index is -0.182. The Labute approximate surface area is 218 Å². The SMILES string of the molecule is Cc1nn2c(-c3ccnc4nc(-c5cnccn5)ccc34)cnc2cc1-c1cnn([C@H]2CC[C@H](O)CC2)c1. The Balaban J connectivity index is 1.25. The van der Waals surface area contributed by atoms with Crippen LogP contribution in [0.3, 0.4) is 0 Å². The van der Waals surface area contributed by atoms with E-state index in [0.717, 1.165) is 70.5 Å². The van der Waals surface area contributed by atoms with Crippen LogP contribution in [0.15, 0.2) is 67.6 Å². The number of nitrogens with zero attached hydrogens (tertiary/aromatic N) is 9. The first-order valence-corrected chi connectivity index (χ1v) is 12.7. The summed E-state index contributed by atoms with van der Waals surface area (Å²) in [5.74, 6) is 0. The summed E-state index contributed by atoms with van der Waals surface area (Å²) in [6.45, 7) is 2.01. The fourth-order valence-electron chi connectivity index (χ4n) is 5.30. The van der Waals surface area contributed by atoms with Gasteiger partial charge in [0.2, 0.25) is 0 Å². The van der Waals surface area contributed by atoms with Crippen molar-refractivity contribution in [2.45, 2.75) is 44.8 Å². The normalized spacial score (nSPS) is 17.8. The van der Waals surface area contributed by atoms with Gasteiger partial charge in [-0.1, -0.05) is 0 Å². The van der Waals surface area contributed by atoms with E-state index in [1.165, 1.54) is 0 Å². The molecular formula is C28H25N9O. The number of aliphatic hydroxyl groups is 1. The van der Waals surface area contributed by atoms with E-state index in [9.17, 15) is 5.11 Å². The molecule has 1 saturated carbocycles. The molecule has 7 rings (SSSR count). The van der Waals surface area contributed by atoms with Gasteiger partial charge in [0.1, 0.15) is 5.69 Å². The number of imidazole rings is 1. The highest BCUT2D eigenvalue weighted by Gasteiger charge is 2.22. The van der Waals surface area contributed by atoms with Gasteiger partial charge in [-0.2, -0.15) is 10.2 Å². The van der Waals surface area contributed by atoms with Gasteiger partial charge in [0.25, 0.3) is 0 Å². The summed E-state index contributed by atoms with van der Waals surface area (Å²) in [4.78, 5) is 22.4. The summed E-state index contributed by atoms with van der Waals surface area (Å²) >= 11 is 0. The number of hydrogen-bond acceptors (Lipinski definition) is 8. The third kappa shape index (κ3) is 3.90. The molecule has 0 aliphatic heterocycles. The van der Waals surface area contributed by atoms with Crippen molar-refractivity contribution in [3.8, 4) is 33.8 Å². The van der Waals surface area contributed by atoms with Gasteiger partial charge in [0.05, 0.1) is 47.8 Å². The minimum Gasteiger partial charge on any atom is -0.393 e. The molecule has 1 aliphatic rings. The van der Waals surface area contributed by atoms with Gasteiger partial charge >= 0.3 is 0 Å². The van der Waals surface area contributed by atoms with E-state index in [1.807, 2.05) is 46.7 Å². The topological polar surface area (TPSA) is 120 Å². The lowest BCUT2D eigenvalue weighted by molar-refractivity contribution is 0.108. The molecule has 0 radical (unpaired) electrons. The maximum absolute atomic E-state index is 9.84. The van der Waals surface area contributed by atoms with Crippen molar-refractivity contribution in [3.05, 3.63) is 73.3 Å². The number of aryl methyl sites for hydroxylation is 1. The summed E-state index contributed by atoms with van der Waals surface area (Å²) in [6.07, 6.45) is 15.9. The van der Waals surface area contributed by atoms with Crippen molar-refractivity contribution >= 4 is 16.7 Å². The molecule has 6 aromatic heterocycles. The number of aromatic nitrogens is 9. The van der Waals surface area contributed by atoms with E-state index >= 15 is 0 Å². The van der Waals surface area contributed by atoms with Crippen molar-refractivity contribution in [3.63, 3.8) is 0 Å². The van der Waals surface area contributed by atoms with Crippen LogP contribution in [0.4, 0.5) is 0 Å². The summed E-state index contributed by atoms with van der Waals surface area (Å²) < 4.78 is 3.91. The van der Waals surface area contributed by atoms with Gasteiger partial charge in [0.15, 0.2) is 11.3 Å². The van der Waals surface area contributed by atoms with Crippen LogP contribution in [0.1, 0.15) is 37.4 Å². The Kier molecular flexibility index (Phi) is 5.40. The minimum absolute atomic E-state index is 0.182. The average Bonchev–Trinajstić information content (AvgIpc) is 3.60. The summed E-state index contributed by atoms with van der Waals surface area (Å²) in [7, 11) is 0. The average molecular weight is 504 g/mol. The second kappa shape index (κ2) is 9.07. The Hall–Kier alpha value is -4.57. The first kappa shape index (κ1) is 22.6. The summed E-state index contributed by atoms with van der Waals surface area (Å²) in [5, 5.41) is 20.3. The lowest BCUT2D eigenvalue weighted by Crippen LogP contribution is -2.21. The maximum Gasteiger partial charge on any atom is 0.160 e. The number of pyridine rings is 2. The van der Waals surface area contributed by atoms with E-state index in [1.54, 1.807) is 24.8 Å². The zero-order valence-corrected chi connectivity index (χ0v) is 20.8. The molecule has 10 nitrogen and oxygen atoms in total. The molecule has 0 aromatic carbocycles. The highest BCUT2D eigenvalue weighted by atomic mass is 16.3. The van der Waals surface area contributed by atoms with Gasteiger partial charge in [-0.3, -0.25) is 14.6 Å². The van der Waals surface area contributed by atoms with Gasteiger partial charge in [-0.25, -0.2) is 19.5 Å². The van der Waals surface area contributed by atoms with Crippen LogP contribution in [0.2, 0.25) is 0 Å². The fraction of sp³-hybridized carbons (Fsp3) is 0.250. The Morgan fingerprint density at radius 2 is 1.76 bits per heavy atom. The second-order valence-corrected chi connectivity index (χ2v) is 9.75. The van der Waals surface area contributed by atoms with E-state index in [2.05, 4.69) is 37.3 Å². The molecule has 0 bridgehead atoms. The highest BCUT2D eigenvalue weighted by molar-refractivity contribution is 5.92. The van der Waals surface area contributed by atoms with Crippen LogP contribution in [0, 0.1) is 6.92 Å². The molecule has 0 unspecified atom stereocenters. The zero-order valence-electron chi connectivity index (χ0n) is 20.8. The Morgan fingerprint density at radius 3 is 2.61 bits per heavy atom. The van der Waals surface area contributed by atoms with Crippen LogP contribution >= 0.6 is 0 Å². The Bertz CT molecular complexity index is 1770. The molecule has 188 valence electrons. The van der Waals surface area contributed by atoms with Crippen LogP contribution in [0.25, 0.3) is 50.5 Å². The second-order valence-electron chi connectivity index (χ2n) is 9.75. The molecule has 10 heteroatoms. The predicted molar refractivity (Wildman–Crippen MR) is 142 cm³/mol. The molecule has 0 atom stereocenters. The number of fused-ring (bicyclic) bond motifs is 2. The van der Waals surface area contributed by atoms with E-state index < -0.39 is 0 Å². The molecule has 1 aliphatic carbocycles. The van der Waals surface area contributed by atoms with E-state index in [4.69, 9.17) is 10.1 Å². The quantitative estimate of drug-likeness (QED) is 0.375. The predicted octanol–water partition coefficient (Wildman–Crippen LogP) is 4.44. The molecule has 38 heavy (non-hydrogen) atoms. The summed E-state index contributed by atoms with van der Waals surface area (Å²) in [5.41, 5.74) is 7.52. The molecule has 1 fully saturated rings. The van der Waals surface area contributed by atoms with Gasteiger partial charge in [-0.05, 0) is 56.9 Å². The molecule has 1 N–H and O–H groups in total. The van der Waals surface area contributed by atoms with Crippen LogP contribution < -0.4 is 0 Å². The van der Waals surface area contributed by atoms with E-state index in [-0.39, 0.29) is 6.10 Å². The van der Waals surface area contributed by atoms with Crippen molar-refractivity contribution in [1.82, 2.24) is 44.3 Å². The van der Waals surface area contributed by atoms with Crippen LogP contribution in [-0.4, -0.2) is 55.5 Å². The molecular weight excluding hydrogens is 478 g/mol.